The molecule has 0 atom stereocenters. The highest BCUT2D eigenvalue weighted by Gasteiger charge is 2.15. The first-order chi connectivity index (χ1) is 11.0. The third kappa shape index (κ3) is 4.36. The van der Waals surface area contributed by atoms with Gasteiger partial charge in [-0.05, 0) is 31.5 Å². The molecule has 2 N–H and O–H groups in total. The zero-order valence-electron chi connectivity index (χ0n) is 12.6. The molecule has 0 saturated heterocycles. The molecule has 23 heavy (non-hydrogen) atoms. The van der Waals surface area contributed by atoms with Gasteiger partial charge in [0.15, 0.2) is 0 Å². The molecule has 8 heteroatoms. The minimum atomic E-state index is -0.976. The number of aromatic nitrogens is 1. The Bertz CT molecular complexity index is 738. The van der Waals surface area contributed by atoms with E-state index in [1.807, 2.05) is 0 Å². The number of anilines is 1. The lowest BCUT2D eigenvalue weighted by Gasteiger charge is -1.97. The summed E-state index contributed by atoms with van der Waals surface area (Å²) in [7, 11) is 0. The van der Waals surface area contributed by atoms with E-state index in [1.165, 1.54) is 18.3 Å². The van der Waals surface area contributed by atoms with Crippen molar-refractivity contribution in [2.75, 3.05) is 12.0 Å². The first-order valence-corrected chi connectivity index (χ1v) is 7.60. The summed E-state index contributed by atoms with van der Waals surface area (Å²) in [6.45, 7) is 3.78. The van der Waals surface area contributed by atoms with Gasteiger partial charge in [-0.2, -0.15) is 5.10 Å². The molecule has 7 nitrogen and oxygen atoms in total. The number of hydrazone groups is 1. The highest BCUT2D eigenvalue weighted by molar-refractivity contribution is 7.17. The molecule has 0 radical (unpaired) electrons. The Labute approximate surface area is 136 Å². The summed E-state index contributed by atoms with van der Waals surface area (Å²) in [4.78, 5) is 27.1. The molecule has 0 aliphatic heterocycles. The van der Waals surface area contributed by atoms with Crippen LogP contribution < -0.4 is 5.43 Å². The van der Waals surface area contributed by atoms with Crippen LogP contribution in [0.3, 0.4) is 0 Å². The van der Waals surface area contributed by atoms with E-state index in [0.717, 1.165) is 16.9 Å². The van der Waals surface area contributed by atoms with Gasteiger partial charge in [-0.1, -0.05) is 23.5 Å². The molecule has 0 aliphatic carbocycles. The van der Waals surface area contributed by atoms with Crippen molar-refractivity contribution in [2.24, 2.45) is 5.10 Å². The number of aromatic carboxylic acids is 1. The molecule has 2 rings (SSSR count). The Morgan fingerprint density at radius 3 is 2.70 bits per heavy atom. The van der Waals surface area contributed by atoms with Crippen molar-refractivity contribution >= 4 is 34.6 Å². The second kappa shape index (κ2) is 7.50. The van der Waals surface area contributed by atoms with Gasteiger partial charge in [0, 0.05) is 0 Å². The van der Waals surface area contributed by atoms with Crippen molar-refractivity contribution < 1.29 is 19.4 Å². The van der Waals surface area contributed by atoms with E-state index in [1.54, 1.807) is 26.0 Å². The molecule has 0 saturated carbocycles. The molecule has 0 bridgehead atoms. The Balaban J connectivity index is 2.01. The Morgan fingerprint density at radius 1 is 1.39 bits per heavy atom. The number of aryl methyl sites for hydroxylation is 1. The predicted molar refractivity (Wildman–Crippen MR) is 87.4 cm³/mol. The number of carbonyl (C=O) groups excluding carboxylic acids is 1. The fourth-order valence-corrected chi connectivity index (χ4v) is 2.51. The monoisotopic (exact) mass is 333 g/mol. The Hall–Kier alpha value is -2.74. The van der Waals surface area contributed by atoms with Gasteiger partial charge in [0.05, 0.1) is 24.1 Å². The standard InChI is InChI=1S/C15H15N3O4S/c1-3-22-14(21)12-9(2)17-15(23-12)18-16-8-10-4-6-11(7-5-10)13(19)20/h4-8H,3H2,1-2H3,(H,17,18)(H,19,20)/b16-8-. The second-order valence-corrected chi connectivity index (χ2v) is 5.45. The molecule has 1 heterocycles. The zero-order chi connectivity index (χ0) is 16.8. The quantitative estimate of drug-likeness (QED) is 0.479. The third-order valence-electron chi connectivity index (χ3n) is 2.79. The summed E-state index contributed by atoms with van der Waals surface area (Å²) in [5.41, 5.74) is 4.27. The van der Waals surface area contributed by atoms with E-state index in [0.29, 0.717) is 22.3 Å². The van der Waals surface area contributed by atoms with Crippen LogP contribution >= 0.6 is 11.3 Å². The van der Waals surface area contributed by atoms with Crippen LogP contribution in [-0.2, 0) is 4.74 Å². The van der Waals surface area contributed by atoms with E-state index in [9.17, 15) is 9.59 Å². The molecule has 1 aromatic heterocycles. The van der Waals surface area contributed by atoms with Gasteiger partial charge in [0.1, 0.15) is 4.88 Å². The average molecular weight is 333 g/mol. The lowest BCUT2D eigenvalue weighted by atomic mass is 10.1. The molecule has 120 valence electrons. The molecule has 0 spiro atoms. The van der Waals surface area contributed by atoms with Crippen LogP contribution in [0, 0.1) is 6.92 Å². The van der Waals surface area contributed by atoms with Crippen LogP contribution in [0.5, 0.6) is 0 Å². The molecule has 0 amide bonds. The summed E-state index contributed by atoms with van der Waals surface area (Å²) in [5.74, 6) is -1.37. The summed E-state index contributed by atoms with van der Waals surface area (Å²) >= 11 is 1.16. The van der Waals surface area contributed by atoms with Crippen LogP contribution in [0.2, 0.25) is 0 Å². The molecule has 0 unspecified atom stereocenters. The molecule has 0 aliphatic rings. The minimum absolute atomic E-state index is 0.213. The smallest absolute Gasteiger partial charge is 0.350 e. The van der Waals surface area contributed by atoms with Crippen LogP contribution in [0.4, 0.5) is 5.13 Å². The van der Waals surface area contributed by atoms with Gasteiger partial charge in [-0.15, -0.1) is 0 Å². The summed E-state index contributed by atoms with van der Waals surface area (Å²) in [6.07, 6.45) is 1.53. The van der Waals surface area contributed by atoms with Crippen molar-refractivity contribution in [1.82, 2.24) is 4.98 Å². The summed E-state index contributed by atoms with van der Waals surface area (Å²) < 4.78 is 4.94. The summed E-state index contributed by atoms with van der Waals surface area (Å²) in [6, 6.07) is 6.28. The Morgan fingerprint density at radius 2 is 2.09 bits per heavy atom. The molecule has 1 aromatic carbocycles. The number of benzene rings is 1. The van der Waals surface area contributed by atoms with E-state index < -0.39 is 11.9 Å². The fourth-order valence-electron chi connectivity index (χ4n) is 1.70. The van der Waals surface area contributed by atoms with Crippen molar-refractivity contribution in [1.29, 1.82) is 0 Å². The number of hydrogen-bond donors (Lipinski definition) is 2. The number of ether oxygens (including phenoxy) is 1. The maximum absolute atomic E-state index is 11.7. The van der Waals surface area contributed by atoms with Crippen molar-refractivity contribution in [3.63, 3.8) is 0 Å². The number of nitrogens with one attached hydrogen (secondary N) is 1. The van der Waals surface area contributed by atoms with Gasteiger partial charge in [-0.3, -0.25) is 5.43 Å². The van der Waals surface area contributed by atoms with Crippen molar-refractivity contribution in [3.05, 3.63) is 46.0 Å². The second-order valence-electron chi connectivity index (χ2n) is 4.45. The Kier molecular flexibility index (Phi) is 5.42. The number of carbonyl (C=O) groups is 2. The lowest BCUT2D eigenvalue weighted by Crippen LogP contribution is -2.03. The first-order valence-electron chi connectivity index (χ1n) is 6.78. The first kappa shape index (κ1) is 16.6. The highest BCUT2D eigenvalue weighted by atomic mass is 32.1. The molecular formula is C15H15N3O4S. The maximum atomic E-state index is 11.7. The van der Waals surface area contributed by atoms with Crippen molar-refractivity contribution in [2.45, 2.75) is 13.8 Å². The van der Waals surface area contributed by atoms with Gasteiger partial charge >= 0.3 is 11.9 Å². The normalized spacial score (nSPS) is 10.7. The largest absolute Gasteiger partial charge is 0.478 e. The number of rotatable bonds is 6. The maximum Gasteiger partial charge on any atom is 0.350 e. The van der Waals surface area contributed by atoms with E-state index >= 15 is 0 Å². The van der Waals surface area contributed by atoms with Crippen LogP contribution in [-0.4, -0.2) is 34.9 Å². The van der Waals surface area contributed by atoms with Gasteiger partial charge in [0.25, 0.3) is 0 Å². The van der Waals surface area contributed by atoms with Gasteiger partial charge in [0.2, 0.25) is 5.13 Å². The third-order valence-corrected chi connectivity index (χ3v) is 3.83. The van der Waals surface area contributed by atoms with Crippen LogP contribution in [0.15, 0.2) is 29.4 Å². The average Bonchev–Trinajstić information content (AvgIpc) is 2.89. The van der Waals surface area contributed by atoms with Gasteiger partial charge in [-0.25, -0.2) is 14.6 Å². The van der Waals surface area contributed by atoms with Gasteiger partial charge < -0.3 is 9.84 Å². The molecule has 2 aromatic rings. The number of carboxylic acid groups (broad SMARTS) is 1. The number of esters is 1. The SMILES string of the molecule is CCOC(=O)c1sc(N/N=C\c2ccc(C(=O)O)cc2)nc1C. The number of carboxylic acids is 1. The van der Waals surface area contributed by atoms with Crippen LogP contribution in [0.25, 0.3) is 0 Å². The van der Waals surface area contributed by atoms with E-state index in [4.69, 9.17) is 9.84 Å². The number of nitrogens with zero attached hydrogens (tertiary/aromatic N) is 2. The topological polar surface area (TPSA) is 101 Å². The van der Waals surface area contributed by atoms with E-state index in [-0.39, 0.29) is 5.56 Å². The number of thiazole rings is 1. The van der Waals surface area contributed by atoms with E-state index in [2.05, 4.69) is 15.5 Å². The number of hydrogen-bond acceptors (Lipinski definition) is 7. The minimum Gasteiger partial charge on any atom is -0.478 e. The molecule has 0 fully saturated rings. The fraction of sp³-hybridized carbons (Fsp3) is 0.200. The highest BCUT2D eigenvalue weighted by Crippen LogP contribution is 2.23. The molecular weight excluding hydrogens is 318 g/mol. The zero-order valence-corrected chi connectivity index (χ0v) is 13.4. The summed E-state index contributed by atoms with van der Waals surface area (Å²) in [5, 5.41) is 13.3. The van der Waals surface area contributed by atoms with Crippen LogP contribution in [0.1, 0.15) is 38.2 Å². The lowest BCUT2D eigenvalue weighted by molar-refractivity contribution is 0.0530. The van der Waals surface area contributed by atoms with Crippen molar-refractivity contribution in [3.8, 4) is 0 Å². The predicted octanol–water partition coefficient (Wildman–Crippen LogP) is 2.77.